The molecular weight excluding hydrogens is 382 g/mol. The number of non-ortho nitro benzene ring substituents is 1. The number of likely N-dealkylation sites (N-methyl/N-ethyl adjacent to an activating group) is 1. The molecule has 0 atom stereocenters. The summed E-state index contributed by atoms with van der Waals surface area (Å²) in [5.41, 5.74) is 1.54. The first-order chi connectivity index (χ1) is 13.5. The minimum atomic E-state index is -0.733. The van der Waals surface area contributed by atoms with E-state index < -0.39 is 17.5 Å². The van der Waals surface area contributed by atoms with Gasteiger partial charge in [0.2, 0.25) is 0 Å². The fourth-order valence-corrected chi connectivity index (χ4v) is 3.75. The Bertz CT molecular complexity index is 862. The number of nitrogens with zero attached hydrogens (tertiary/aromatic N) is 3. The average molecular weight is 403 g/mol. The average Bonchev–Trinajstić information content (AvgIpc) is 3.39. The Kier molecular flexibility index (Phi) is 6.25. The van der Waals surface area contributed by atoms with Gasteiger partial charge in [0.05, 0.1) is 16.2 Å². The number of amides is 1. The molecule has 1 aliphatic heterocycles. The Morgan fingerprint density at radius 1 is 1.29 bits per heavy atom. The van der Waals surface area contributed by atoms with Gasteiger partial charge >= 0.3 is 5.97 Å². The number of benzene rings is 1. The van der Waals surface area contributed by atoms with E-state index in [9.17, 15) is 19.7 Å². The second-order valence-electron chi connectivity index (χ2n) is 6.61. The van der Waals surface area contributed by atoms with E-state index in [1.54, 1.807) is 24.5 Å². The zero-order valence-electron chi connectivity index (χ0n) is 15.5. The van der Waals surface area contributed by atoms with Gasteiger partial charge in [0.1, 0.15) is 0 Å². The van der Waals surface area contributed by atoms with Gasteiger partial charge in [-0.05, 0) is 41.3 Å². The van der Waals surface area contributed by atoms with Crippen LogP contribution in [0.4, 0.5) is 11.4 Å². The molecule has 2 aromatic rings. The van der Waals surface area contributed by atoms with Crippen molar-refractivity contribution in [2.24, 2.45) is 0 Å². The molecule has 28 heavy (non-hydrogen) atoms. The van der Waals surface area contributed by atoms with Gasteiger partial charge in [0, 0.05) is 38.8 Å². The molecule has 0 N–H and O–H groups in total. The van der Waals surface area contributed by atoms with Gasteiger partial charge in [0.15, 0.2) is 6.61 Å². The summed E-state index contributed by atoms with van der Waals surface area (Å²) in [7, 11) is 1.64. The number of esters is 1. The van der Waals surface area contributed by atoms with Gasteiger partial charge < -0.3 is 14.5 Å². The van der Waals surface area contributed by atoms with E-state index >= 15 is 0 Å². The van der Waals surface area contributed by atoms with Crippen molar-refractivity contribution >= 4 is 34.6 Å². The van der Waals surface area contributed by atoms with E-state index in [1.165, 1.54) is 17.0 Å². The van der Waals surface area contributed by atoms with Crippen LogP contribution in [0.3, 0.4) is 0 Å². The lowest BCUT2D eigenvalue weighted by atomic mass is 10.1. The molecule has 1 amide bonds. The number of nitro benzene ring substituents is 1. The second kappa shape index (κ2) is 8.83. The highest BCUT2D eigenvalue weighted by molar-refractivity contribution is 7.07. The van der Waals surface area contributed by atoms with Crippen LogP contribution in [0.5, 0.6) is 0 Å². The van der Waals surface area contributed by atoms with Crippen molar-refractivity contribution in [2.45, 2.75) is 19.4 Å². The Labute approximate surface area is 166 Å². The zero-order chi connectivity index (χ0) is 20.1. The third-order valence-electron chi connectivity index (χ3n) is 4.61. The molecule has 0 saturated carbocycles. The van der Waals surface area contributed by atoms with Crippen LogP contribution in [0.15, 0.2) is 35.0 Å². The van der Waals surface area contributed by atoms with Gasteiger partial charge in [-0.2, -0.15) is 11.3 Å². The number of anilines is 1. The maximum Gasteiger partial charge on any atom is 0.341 e. The number of carbonyl (C=O) groups excluding carboxylic acids is 2. The molecule has 0 bridgehead atoms. The molecule has 9 heteroatoms. The number of hydrogen-bond acceptors (Lipinski definition) is 7. The minimum absolute atomic E-state index is 0.115. The van der Waals surface area contributed by atoms with Crippen LogP contribution in [0.2, 0.25) is 0 Å². The van der Waals surface area contributed by atoms with Crippen molar-refractivity contribution in [3.8, 4) is 0 Å². The van der Waals surface area contributed by atoms with Crippen molar-refractivity contribution < 1.29 is 19.2 Å². The van der Waals surface area contributed by atoms with Crippen LogP contribution in [-0.4, -0.2) is 48.4 Å². The number of ether oxygens (including phenoxy) is 1. The highest BCUT2D eigenvalue weighted by atomic mass is 32.1. The van der Waals surface area contributed by atoms with E-state index in [2.05, 4.69) is 0 Å². The molecule has 148 valence electrons. The van der Waals surface area contributed by atoms with Crippen LogP contribution in [0, 0.1) is 10.1 Å². The summed E-state index contributed by atoms with van der Waals surface area (Å²) in [5.74, 6) is -1.07. The van der Waals surface area contributed by atoms with E-state index in [-0.39, 0.29) is 17.2 Å². The van der Waals surface area contributed by atoms with Crippen LogP contribution >= 0.6 is 11.3 Å². The van der Waals surface area contributed by atoms with Crippen LogP contribution < -0.4 is 4.90 Å². The van der Waals surface area contributed by atoms with Crippen molar-refractivity contribution in [3.63, 3.8) is 0 Å². The first kappa shape index (κ1) is 19.8. The van der Waals surface area contributed by atoms with Gasteiger partial charge in [-0.15, -0.1) is 0 Å². The summed E-state index contributed by atoms with van der Waals surface area (Å²) in [6.07, 6.45) is 1.99. The predicted octanol–water partition coefficient (Wildman–Crippen LogP) is 3.07. The molecule has 1 aromatic carbocycles. The molecular formula is C19H21N3O5S. The Morgan fingerprint density at radius 3 is 2.68 bits per heavy atom. The molecule has 0 spiro atoms. The molecule has 1 aromatic heterocycles. The molecule has 0 unspecified atom stereocenters. The smallest absolute Gasteiger partial charge is 0.341 e. The molecule has 3 rings (SSSR count). The van der Waals surface area contributed by atoms with E-state index in [0.717, 1.165) is 31.5 Å². The summed E-state index contributed by atoms with van der Waals surface area (Å²) in [6.45, 7) is 1.57. The lowest BCUT2D eigenvalue weighted by Crippen LogP contribution is -2.31. The Morgan fingerprint density at radius 2 is 2.04 bits per heavy atom. The number of carbonyl (C=O) groups is 2. The highest BCUT2D eigenvalue weighted by Gasteiger charge is 2.24. The molecule has 0 radical (unpaired) electrons. The molecule has 8 nitrogen and oxygen atoms in total. The van der Waals surface area contributed by atoms with Crippen molar-refractivity contribution in [1.82, 2.24) is 4.90 Å². The zero-order valence-corrected chi connectivity index (χ0v) is 16.3. The second-order valence-corrected chi connectivity index (χ2v) is 7.39. The van der Waals surface area contributed by atoms with E-state index in [0.29, 0.717) is 12.2 Å². The number of rotatable bonds is 7. The van der Waals surface area contributed by atoms with Crippen molar-refractivity contribution in [3.05, 3.63) is 56.3 Å². The summed E-state index contributed by atoms with van der Waals surface area (Å²) < 4.78 is 5.19. The largest absolute Gasteiger partial charge is 0.452 e. The topological polar surface area (TPSA) is 93.0 Å². The van der Waals surface area contributed by atoms with Crippen LogP contribution in [-0.2, 0) is 16.1 Å². The fraction of sp³-hybridized carbons (Fsp3) is 0.368. The van der Waals surface area contributed by atoms with Gasteiger partial charge in [-0.3, -0.25) is 14.9 Å². The van der Waals surface area contributed by atoms with E-state index in [1.807, 2.05) is 21.7 Å². The van der Waals surface area contributed by atoms with Gasteiger partial charge in [-0.25, -0.2) is 4.79 Å². The fourth-order valence-electron chi connectivity index (χ4n) is 3.09. The number of hydrogen-bond donors (Lipinski definition) is 0. The highest BCUT2D eigenvalue weighted by Crippen LogP contribution is 2.29. The number of nitro groups is 1. The SMILES string of the molecule is CN(Cc1ccsc1)C(=O)COC(=O)c1cc([N+](=O)[O-])ccc1N1CCCC1. The van der Waals surface area contributed by atoms with Crippen LogP contribution in [0.1, 0.15) is 28.8 Å². The first-order valence-corrected chi connectivity index (χ1v) is 9.85. The molecule has 2 heterocycles. The maximum atomic E-state index is 12.6. The third kappa shape index (κ3) is 4.66. The summed E-state index contributed by atoms with van der Waals surface area (Å²) in [5, 5.41) is 15.0. The standard InChI is InChI=1S/C19H21N3O5S/c1-20(11-14-6-9-28-13-14)18(23)12-27-19(24)16-10-15(22(25)26)4-5-17(16)21-7-2-3-8-21/h4-6,9-10,13H,2-3,7-8,11-12H2,1H3. The van der Waals surface area contributed by atoms with Gasteiger partial charge in [-0.1, -0.05) is 0 Å². The number of thiophene rings is 1. The predicted molar refractivity (Wildman–Crippen MR) is 106 cm³/mol. The summed E-state index contributed by atoms with van der Waals surface area (Å²) in [4.78, 5) is 38.9. The monoisotopic (exact) mass is 403 g/mol. The Balaban J connectivity index is 1.69. The summed E-state index contributed by atoms with van der Waals surface area (Å²) in [6, 6.07) is 6.09. The van der Waals surface area contributed by atoms with Gasteiger partial charge in [0.25, 0.3) is 11.6 Å². The molecule has 1 aliphatic rings. The minimum Gasteiger partial charge on any atom is -0.452 e. The van der Waals surface area contributed by atoms with Crippen molar-refractivity contribution in [1.29, 1.82) is 0 Å². The molecule has 0 aliphatic carbocycles. The van der Waals surface area contributed by atoms with Crippen molar-refractivity contribution in [2.75, 3.05) is 31.6 Å². The summed E-state index contributed by atoms with van der Waals surface area (Å²) >= 11 is 1.54. The lowest BCUT2D eigenvalue weighted by molar-refractivity contribution is -0.384. The van der Waals surface area contributed by atoms with E-state index in [4.69, 9.17) is 4.74 Å². The third-order valence-corrected chi connectivity index (χ3v) is 5.34. The van der Waals surface area contributed by atoms with Crippen LogP contribution in [0.25, 0.3) is 0 Å². The normalized spacial score (nSPS) is 13.4. The first-order valence-electron chi connectivity index (χ1n) is 8.91. The Hall–Kier alpha value is -2.94. The maximum absolute atomic E-state index is 12.6. The molecule has 1 saturated heterocycles. The lowest BCUT2D eigenvalue weighted by Gasteiger charge is -2.21. The molecule has 1 fully saturated rings. The quantitative estimate of drug-likeness (QED) is 0.401.